The lowest BCUT2D eigenvalue weighted by atomic mass is 10.1. The number of H-pyrrole nitrogens is 1. The minimum Gasteiger partial charge on any atom is -0.392 e. The highest BCUT2D eigenvalue weighted by Crippen LogP contribution is 2.26. The fourth-order valence-corrected chi connectivity index (χ4v) is 3.07. The molecule has 0 amide bonds. The van der Waals surface area contributed by atoms with Crippen LogP contribution in [0.5, 0.6) is 0 Å². The molecule has 1 heterocycles. The van der Waals surface area contributed by atoms with Gasteiger partial charge in [0.15, 0.2) is 0 Å². The number of rotatable bonds is 4. The first-order chi connectivity index (χ1) is 11.6. The smallest absolute Gasteiger partial charge is 0.0681 e. The van der Waals surface area contributed by atoms with Crippen LogP contribution in [0.1, 0.15) is 35.7 Å². The van der Waals surface area contributed by atoms with Gasteiger partial charge in [-0.25, -0.2) is 0 Å². The molecule has 0 fully saturated rings. The van der Waals surface area contributed by atoms with Crippen molar-refractivity contribution in [3.05, 3.63) is 69.3 Å². The summed E-state index contributed by atoms with van der Waals surface area (Å²) in [4.78, 5) is 3.42. The first-order valence-electron chi connectivity index (χ1n) is 8.24. The van der Waals surface area contributed by atoms with Crippen LogP contribution in [0.3, 0.4) is 0 Å². The summed E-state index contributed by atoms with van der Waals surface area (Å²) in [6, 6.07) is 14.0. The largest absolute Gasteiger partial charge is 0.392 e. The zero-order chi connectivity index (χ0) is 17.5. The molecule has 0 radical (unpaired) electrons. The van der Waals surface area contributed by atoms with Gasteiger partial charge < -0.3 is 15.8 Å². The Morgan fingerprint density at radius 2 is 1.75 bits per heavy atom. The van der Waals surface area contributed by atoms with Gasteiger partial charge in [0.2, 0.25) is 0 Å². The Balaban J connectivity index is 0.000000185. The molecule has 3 aromatic rings. The van der Waals surface area contributed by atoms with Crippen LogP contribution in [0.15, 0.2) is 46.9 Å². The molecule has 0 saturated heterocycles. The highest BCUT2D eigenvalue weighted by atomic mass is 79.9. The lowest BCUT2D eigenvalue weighted by Crippen LogP contribution is -1.95. The highest BCUT2D eigenvalue weighted by molar-refractivity contribution is 9.10. The fraction of sp³-hybridized carbons (Fsp3) is 0.300. The van der Waals surface area contributed by atoms with Crippen LogP contribution >= 0.6 is 15.9 Å². The minimum absolute atomic E-state index is 0.102. The number of fused-ring (bicyclic) bond motifs is 1. The van der Waals surface area contributed by atoms with E-state index in [4.69, 9.17) is 10.8 Å². The molecule has 0 bridgehead atoms. The number of hydrogen-bond donors (Lipinski definition) is 3. The second kappa shape index (κ2) is 9.02. The van der Waals surface area contributed by atoms with Gasteiger partial charge in [-0.05, 0) is 48.2 Å². The van der Waals surface area contributed by atoms with Gasteiger partial charge in [-0.1, -0.05) is 53.5 Å². The van der Waals surface area contributed by atoms with Gasteiger partial charge in [-0.15, -0.1) is 0 Å². The topological polar surface area (TPSA) is 62.0 Å². The van der Waals surface area contributed by atoms with E-state index in [1.54, 1.807) is 0 Å². The summed E-state index contributed by atoms with van der Waals surface area (Å²) in [6.07, 6.45) is 2.35. The molecule has 0 unspecified atom stereocenters. The van der Waals surface area contributed by atoms with Gasteiger partial charge >= 0.3 is 0 Å². The molecule has 2 aromatic carbocycles. The Morgan fingerprint density at radius 3 is 2.33 bits per heavy atom. The first-order valence-corrected chi connectivity index (χ1v) is 9.03. The number of aliphatic hydroxyl groups is 1. The average molecular weight is 389 g/mol. The minimum atomic E-state index is 0.102. The Morgan fingerprint density at radius 1 is 1.08 bits per heavy atom. The molecule has 3 nitrogen and oxygen atoms in total. The summed E-state index contributed by atoms with van der Waals surface area (Å²) in [5.41, 5.74) is 11.4. The zero-order valence-electron chi connectivity index (χ0n) is 14.3. The van der Waals surface area contributed by atoms with Gasteiger partial charge in [0, 0.05) is 27.6 Å². The van der Waals surface area contributed by atoms with Crippen molar-refractivity contribution < 1.29 is 5.11 Å². The maximum atomic E-state index is 8.67. The summed E-state index contributed by atoms with van der Waals surface area (Å²) in [5, 5.41) is 10.0. The van der Waals surface area contributed by atoms with Gasteiger partial charge in [-0.2, -0.15) is 0 Å². The third-order valence-electron chi connectivity index (χ3n) is 4.02. The van der Waals surface area contributed by atoms with E-state index >= 15 is 0 Å². The van der Waals surface area contributed by atoms with Gasteiger partial charge in [0.05, 0.1) is 6.61 Å². The van der Waals surface area contributed by atoms with Gasteiger partial charge in [0.1, 0.15) is 0 Å². The van der Waals surface area contributed by atoms with E-state index in [0.717, 1.165) is 22.0 Å². The van der Waals surface area contributed by atoms with Crippen molar-refractivity contribution in [3.8, 4) is 0 Å². The molecule has 0 spiro atoms. The number of aromatic amines is 1. The zero-order valence-corrected chi connectivity index (χ0v) is 15.9. The molecule has 24 heavy (non-hydrogen) atoms. The second-order valence-corrected chi connectivity index (χ2v) is 6.76. The summed E-state index contributed by atoms with van der Waals surface area (Å²) in [7, 11) is 0. The van der Waals surface area contributed by atoms with Crippen molar-refractivity contribution in [2.24, 2.45) is 5.73 Å². The maximum absolute atomic E-state index is 8.67. The summed E-state index contributed by atoms with van der Waals surface area (Å²) in [5.74, 6) is 0. The van der Waals surface area contributed by atoms with E-state index < -0.39 is 0 Å². The Bertz CT molecular complexity index is 755. The van der Waals surface area contributed by atoms with Crippen molar-refractivity contribution in [1.29, 1.82) is 0 Å². The van der Waals surface area contributed by atoms with Crippen LogP contribution in [0.25, 0.3) is 10.9 Å². The van der Waals surface area contributed by atoms with E-state index in [1.807, 2.05) is 24.3 Å². The maximum Gasteiger partial charge on any atom is 0.0681 e. The van der Waals surface area contributed by atoms with Crippen LogP contribution in [0.2, 0.25) is 0 Å². The predicted molar refractivity (Wildman–Crippen MR) is 105 cm³/mol. The number of aryl methyl sites for hydroxylation is 2. The molecule has 4 heteroatoms. The molecule has 0 aliphatic carbocycles. The lowest BCUT2D eigenvalue weighted by molar-refractivity contribution is 0.282. The third-order valence-corrected chi connectivity index (χ3v) is 4.52. The number of benzene rings is 2. The lowest BCUT2D eigenvalue weighted by Gasteiger charge is -1.98. The normalized spacial score (nSPS) is 10.5. The van der Waals surface area contributed by atoms with Crippen molar-refractivity contribution in [2.75, 3.05) is 0 Å². The van der Waals surface area contributed by atoms with Crippen LogP contribution in [-0.4, -0.2) is 10.1 Å². The summed E-state index contributed by atoms with van der Waals surface area (Å²) in [6.45, 7) is 5.03. The van der Waals surface area contributed by atoms with Crippen molar-refractivity contribution in [1.82, 2.24) is 4.98 Å². The molecule has 128 valence electrons. The van der Waals surface area contributed by atoms with Gasteiger partial charge in [0.25, 0.3) is 0 Å². The molecular formula is C20H25BrN2O. The van der Waals surface area contributed by atoms with Crippen LogP contribution < -0.4 is 5.73 Å². The SMILES string of the molecule is CCCc1c(C)[nH]c2ccc(Br)cc12.NCc1ccc(CO)cc1. The fourth-order valence-electron chi connectivity index (χ4n) is 2.71. The number of halogens is 1. The van der Waals surface area contributed by atoms with Gasteiger partial charge in [-0.3, -0.25) is 0 Å². The van der Waals surface area contributed by atoms with E-state index in [1.165, 1.54) is 28.6 Å². The molecule has 0 aliphatic heterocycles. The van der Waals surface area contributed by atoms with Crippen LogP contribution in [0.4, 0.5) is 0 Å². The van der Waals surface area contributed by atoms with E-state index in [2.05, 4.69) is 53.0 Å². The molecular weight excluding hydrogens is 364 g/mol. The quantitative estimate of drug-likeness (QED) is 0.599. The molecule has 0 saturated carbocycles. The Hall–Kier alpha value is -1.62. The molecule has 0 atom stereocenters. The summed E-state index contributed by atoms with van der Waals surface area (Å²) >= 11 is 3.51. The van der Waals surface area contributed by atoms with Crippen molar-refractivity contribution in [2.45, 2.75) is 39.8 Å². The average Bonchev–Trinajstić information content (AvgIpc) is 2.91. The molecule has 4 N–H and O–H groups in total. The predicted octanol–water partition coefficient (Wildman–Crippen LogP) is 4.83. The monoisotopic (exact) mass is 388 g/mol. The standard InChI is InChI=1S/C12H14BrN.C8H11NO/c1-3-4-10-8(2)14-12-6-5-9(13)7-11(10)12;9-5-7-1-3-8(6-10)4-2-7/h5-7,14H,3-4H2,1-2H3;1-4,10H,5-6,9H2. The third kappa shape index (κ3) is 4.69. The summed E-state index contributed by atoms with van der Waals surface area (Å²) < 4.78 is 1.15. The first kappa shape index (κ1) is 18.7. The number of aromatic nitrogens is 1. The van der Waals surface area contributed by atoms with Crippen LogP contribution in [0, 0.1) is 6.92 Å². The highest BCUT2D eigenvalue weighted by Gasteiger charge is 2.07. The van der Waals surface area contributed by atoms with E-state index in [9.17, 15) is 0 Å². The number of hydrogen-bond acceptors (Lipinski definition) is 2. The molecule has 0 aliphatic rings. The number of nitrogens with one attached hydrogen (secondary N) is 1. The van der Waals surface area contributed by atoms with Crippen LogP contribution in [-0.2, 0) is 19.6 Å². The Kier molecular flexibility index (Phi) is 7.03. The van der Waals surface area contributed by atoms with Crippen molar-refractivity contribution in [3.63, 3.8) is 0 Å². The number of nitrogens with two attached hydrogens (primary N) is 1. The molecule has 1 aromatic heterocycles. The van der Waals surface area contributed by atoms with Crippen molar-refractivity contribution >= 4 is 26.8 Å². The molecule has 3 rings (SSSR count). The van der Waals surface area contributed by atoms with E-state index in [-0.39, 0.29) is 6.61 Å². The number of aliphatic hydroxyl groups excluding tert-OH is 1. The van der Waals surface area contributed by atoms with E-state index in [0.29, 0.717) is 6.54 Å². The Labute approximate surface area is 152 Å². The second-order valence-electron chi connectivity index (χ2n) is 5.85.